The summed E-state index contributed by atoms with van der Waals surface area (Å²) in [5, 5.41) is 12.1. The van der Waals surface area contributed by atoms with E-state index in [9.17, 15) is 9.59 Å². The predicted molar refractivity (Wildman–Crippen MR) is 133 cm³/mol. The van der Waals surface area contributed by atoms with Crippen LogP contribution in [0.15, 0.2) is 45.7 Å². The summed E-state index contributed by atoms with van der Waals surface area (Å²) in [6.45, 7) is 2.16. The van der Waals surface area contributed by atoms with Crippen molar-refractivity contribution in [2.45, 2.75) is 95.1 Å². The van der Waals surface area contributed by atoms with E-state index in [4.69, 9.17) is 16.9 Å². The molecule has 3 aliphatic carbocycles. The Bertz CT molecular complexity index is 987. The fourth-order valence-electron chi connectivity index (χ4n) is 7.92. The molecule has 35 heavy (non-hydrogen) atoms. The van der Waals surface area contributed by atoms with Crippen molar-refractivity contribution in [1.82, 2.24) is 0 Å². The van der Waals surface area contributed by atoms with Crippen LogP contribution in [0.5, 0.6) is 0 Å². The van der Waals surface area contributed by atoms with Crippen LogP contribution in [0.4, 0.5) is 0 Å². The van der Waals surface area contributed by atoms with E-state index in [1.165, 1.54) is 6.42 Å². The highest BCUT2D eigenvalue weighted by molar-refractivity contribution is 6.44. The monoisotopic (exact) mass is 478 g/mol. The lowest BCUT2D eigenvalue weighted by Gasteiger charge is -2.53. The minimum atomic E-state index is -1.08. The van der Waals surface area contributed by atoms with Crippen molar-refractivity contribution >= 4 is 17.8 Å². The normalized spacial score (nSPS) is 34.5. The summed E-state index contributed by atoms with van der Waals surface area (Å²) in [5.74, 6) is 5.14. The van der Waals surface area contributed by atoms with Gasteiger partial charge in [-0.25, -0.2) is 11.1 Å². The maximum absolute atomic E-state index is 13.8. The molecule has 4 N–H and O–H groups in total. The molecule has 4 rings (SSSR count). The largest absolute Gasteiger partial charge is 0.323 e. The highest BCUT2D eigenvalue weighted by Crippen LogP contribution is 2.63. The van der Waals surface area contributed by atoms with Crippen molar-refractivity contribution in [2.75, 3.05) is 0 Å². The molecule has 0 heterocycles. The highest BCUT2D eigenvalue weighted by Gasteiger charge is 2.67. The van der Waals surface area contributed by atoms with E-state index in [0.717, 1.165) is 50.4 Å². The zero-order chi connectivity index (χ0) is 25.2. The van der Waals surface area contributed by atoms with Crippen molar-refractivity contribution in [2.24, 2.45) is 37.9 Å². The van der Waals surface area contributed by atoms with E-state index < -0.39 is 16.5 Å². The quantitative estimate of drug-likeness (QED) is 0.180. The van der Waals surface area contributed by atoms with Crippen molar-refractivity contribution in [3.63, 3.8) is 0 Å². The molecule has 0 amide bonds. The van der Waals surface area contributed by atoms with Gasteiger partial charge in [-0.3, -0.25) is 4.79 Å². The first-order valence-electron chi connectivity index (χ1n) is 13.0. The third-order valence-electron chi connectivity index (χ3n) is 9.67. The lowest BCUT2D eigenvalue weighted by molar-refractivity contribution is -0.131. The Labute approximate surface area is 207 Å². The second kappa shape index (κ2) is 9.70. The summed E-state index contributed by atoms with van der Waals surface area (Å²) >= 11 is 0. The second-order valence-corrected chi connectivity index (χ2v) is 11.0. The average molecular weight is 479 g/mol. The molecule has 8 nitrogen and oxygen atoms in total. The van der Waals surface area contributed by atoms with Gasteiger partial charge in [-0.15, -0.1) is 0 Å². The molecule has 2 atom stereocenters. The molecule has 0 aliphatic heterocycles. The Kier molecular flexibility index (Phi) is 7.02. The molecule has 0 radical (unpaired) electrons. The van der Waals surface area contributed by atoms with Crippen LogP contribution >= 0.6 is 0 Å². The van der Waals surface area contributed by atoms with Crippen LogP contribution in [0, 0.1) is 27.8 Å². The molecule has 1 spiro atoms. The first-order chi connectivity index (χ1) is 16.9. The van der Waals surface area contributed by atoms with Crippen LogP contribution in [0.2, 0.25) is 0 Å². The van der Waals surface area contributed by atoms with Crippen molar-refractivity contribution < 1.29 is 9.59 Å². The van der Waals surface area contributed by atoms with Gasteiger partial charge in [-0.1, -0.05) is 62.9 Å². The Morgan fingerprint density at radius 1 is 1.00 bits per heavy atom. The van der Waals surface area contributed by atoms with E-state index in [1.807, 2.05) is 30.3 Å². The van der Waals surface area contributed by atoms with Crippen molar-refractivity contribution in [1.29, 1.82) is 11.1 Å². The molecule has 0 bridgehead atoms. The number of aldehydes is 1. The minimum Gasteiger partial charge on any atom is -0.323 e. The number of ketones is 1. The van der Waals surface area contributed by atoms with E-state index in [2.05, 4.69) is 22.3 Å². The molecule has 1 aromatic carbocycles. The van der Waals surface area contributed by atoms with Gasteiger partial charge in [-0.2, -0.15) is 15.3 Å². The van der Waals surface area contributed by atoms with Crippen molar-refractivity contribution in [3.05, 3.63) is 35.9 Å². The van der Waals surface area contributed by atoms with Crippen LogP contribution in [0.3, 0.4) is 0 Å². The fourth-order valence-corrected chi connectivity index (χ4v) is 7.92. The van der Waals surface area contributed by atoms with E-state index in [-0.39, 0.29) is 29.2 Å². The van der Waals surface area contributed by atoms with Crippen LogP contribution < -0.4 is 5.84 Å². The van der Waals surface area contributed by atoms with Gasteiger partial charge in [-0.05, 0) is 55.9 Å². The predicted octanol–water partition coefficient (Wildman–Crippen LogP) is 6.10. The molecule has 188 valence electrons. The molecular formula is C27H38N6O2. The Balaban J connectivity index is 1.75. The summed E-state index contributed by atoms with van der Waals surface area (Å²) in [7, 11) is 0. The Morgan fingerprint density at radius 3 is 2.17 bits per heavy atom. The van der Waals surface area contributed by atoms with Crippen LogP contribution in [-0.2, 0) is 15.1 Å². The molecular weight excluding hydrogens is 440 g/mol. The molecule has 3 aliphatic rings. The fraction of sp³-hybridized carbons (Fsp3) is 0.667. The van der Waals surface area contributed by atoms with Gasteiger partial charge in [0, 0.05) is 12.3 Å². The third kappa shape index (κ3) is 3.67. The second-order valence-electron chi connectivity index (χ2n) is 11.0. The van der Waals surface area contributed by atoms with E-state index >= 15 is 0 Å². The Morgan fingerprint density at radius 2 is 1.66 bits per heavy atom. The number of hydrazone groups is 1. The number of nitrogens with zero attached hydrogens (tertiary/aromatic N) is 3. The molecule has 2 unspecified atom stereocenters. The van der Waals surface area contributed by atoms with E-state index in [1.54, 1.807) is 0 Å². The number of carbonyl (C=O) groups excluding carboxylic acids is 2. The number of nitrogens with two attached hydrogens (primary N) is 1. The number of benzene rings is 1. The van der Waals surface area contributed by atoms with Crippen LogP contribution in [0.1, 0.15) is 89.5 Å². The molecule has 8 heteroatoms. The summed E-state index contributed by atoms with van der Waals surface area (Å²) in [5.41, 5.74) is 14.6. The number of rotatable bonds is 8. The zero-order valence-electron chi connectivity index (χ0n) is 20.8. The number of hydrogen-bond donors (Lipinski definition) is 3. The minimum absolute atomic E-state index is 0.135. The van der Waals surface area contributed by atoms with Gasteiger partial charge in [0.1, 0.15) is 17.5 Å². The lowest BCUT2D eigenvalue weighted by atomic mass is 9.51. The third-order valence-corrected chi connectivity index (χ3v) is 9.67. The highest BCUT2D eigenvalue weighted by atomic mass is 16.1. The number of nitrogens with one attached hydrogen (secondary N) is 2. The van der Waals surface area contributed by atoms with Gasteiger partial charge in [0.05, 0.1) is 11.0 Å². The summed E-state index contributed by atoms with van der Waals surface area (Å²) in [6.07, 6.45) is 10.3. The number of hydrogen-bond acceptors (Lipinski definition) is 8. The standard InChI is InChI=1S/C27H38N6O2/c1-2-11-24(12-7-4-8-13-24)22(19-34)26(32-29)16-14-25(15-17-26)23(35)21(31-28)18-27(25,33-30)20-9-5-3-6-10-20/h3,5-6,9-10,19,22,29-30H,2,4,7-8,11-18,28H2,1H3. The summed E-state index contributed by atoms with van der Waals surface area (Å²) < 4.78 is 0. The molecule has 3 fully saturated rings. The molecule has 0 aromatic heterocycles. The maximum atomic E-state index is 13.8. The van der Waals surface area contributed by atoms with Crippen LogP contribution in [0.25, 0.3) is 0 Å². The molecule has 3 saturated carbocycles. The summed E-state index contributed by atoms with van der Waals surface area (Å²) in [4.78, 5) is 26.5. The average Bonchev–Trinajstić information content (AvgIpc) is 3.15. The van der Waals surface area contributed by atoms with Crippen molar-refractivity contribution in [3.8, 4) is 0 Å². The smallest absolute Gasteiger partial charge is 0.187 e. The SMILES string of the molecule is CCCC1(C(C=O)C2(N=N)CCC3(CC2)C(=O)C(=NN)CC3(N=N)c2ccccc2)CCCCC1. The van der Waals surface area contributed by atoms with Gasteiger partial charge < -0.3 is 10.6 Å². The van der Waals surface area contributed by atoms with Gasteiger partial charge in [0.15, 0.2) is 5.78 Å². The lowest BCUT2D eigenvalue weighted by Crippen LogP contribution is -2.55. The zero-order valence-corrected chi connectivity index (χ0v) is 20.8. The maximum Gasteiger partial charge on any atom is 0.187 e. The molecule has 0 saturated heterocycles. The summed E-state index contributed by atoms with van der Waals surface area (Å²) in [6, 6.07) is 9.51. The molecule has 1 aromatic rings. The first kappa shape index (κ1) is 25.3. The topological polar surface area (TPSA) is 145 Å². The van der Waals surface area contributed by atoms with E-state index in [0.29, 0.717) is 25.7 Å². The number of carbonyl (C=O) groups is 2. The van der Waals surface area contributed by atoms with Gasteiger partial charge >= 0.3 is 0 Å². The van der Waals surface area contributed by atoms with Gasteiger partial charge in [0.2, 0.25) is 0 Å². The first-order valence-corrected chi connectivity index (χ1v) is 13.0. The Hall–Kier alpha value is -2.77. The van der Waals surface area contributed by atoms with Crippen LogP contribution in [-0.4, -0.2) is 23.3 Å². The van der Waals surface area contributed by atoms with Gasteiger partial charge in [0.25, 0.3) is 0 Å². The number of Topliss-reactive ketones (excluding diaryl/α,β-unsaturated/α-hetero) is 1.